The molecule has 1 aliphatic rings. The Morgan fingerprint density at radius 2 is 2.11 bits per heavy atom. The zero-order valence-corrected chi connectivity index (χ0v) is 11.7. The predicted molar refractivity (Wildman–Crippen MR) is 70.9 cm³/mol. The average Bonchev–Trinajstić information content (AvgIpc) is 2.39. The fraction of sp³-hybridized carbons (Fsp3) is 0.846. The molecule has 0 aliphatic carbocycles. The third-order valence-electron chi connectivity index (χ3n) is 3.71. The first-order valence-corrected chi connectivity index (χ1v) is 6.90. The van der Waals surface area contributed by atoms with Gasteiger partial charge in [0.1, 0.15) is 0 Å². The van der Waals surface area contributed by atoms with E-state index in [0.29, 0.717) is 38.9 Å². The molecule has 0 aromatic heterocycles. The number of aliphatic carboxylic acids is 1. The van der Waals surface area contributed by atoms with Crippen molar-refractivity contribution in [2.45, 2.75) is 39.2 Å². The normalized spacial score (nSPS) is 23.2. The van der Waals surface area contributed by atoms with E-state index >= 15 is 0 Å². The minimum absolute atomic E-state index is 0.0488. The van der Waals surface area contributed by atoms with Crippen LogP contribution in [0.3, 0.4) is 0 Å². The maximum absolute atomic E-state index is 12.3. The Hall–Kier alpha value is -1.30. The molecule has 110 valence electrons. The molecule has 0 aromatic carbocycles. The third kappa shape index (κ3) is 4.09. The van der Waals surface area contributed by atoms with Crippen LogP contribution in [0.5, 0.6) is 0 Å². The number of hydrogen-bond acceptors (Lipinski definition) is 3. The Kier molecular flexibility index (Phi) is 6.08. The fourth-order valence-electron chi connectivity index (χ4n) is 2.51. The smallest absolute Gasteiger partial charge is 0.320 e. The molecule has 1 heterocycles. The molecule has 2 amide bonds. The molecule has 0 radical (unpaired) electrons. The molecule has 2 atom stereocenters. The Morgan fingerprint density at radius 3 is 2.58 bits per heavy atom. The average molecular weight is 272 g/mol. The molecule has 0 saturated carbocycles. The lowest BCUT2D eigenvalue weighted by Gasteiger charge is -2.39. The third-order valence-corrected chi connectivity index (χ3v) is 3.71. The Bertz CT molecular complexity index is 322. The first-order chi connectivity index (χ1) is 9.01. The predicted octanol–water partition coefficient (Wildman–Crippen LogP) is 0.996. The summed E-state index contributed by atoms with van der Waals surface area (Å²) in [5.74, 6) is -1.11. The minimum Gasteiger partial charge on any atom is -0.481 e. The number of likely N-dealkylation sites (tertiary alicyclic amines) is 1. The number of aliphatic hydroxyl groups is 1. The standard InChI is InChI=1S/C13H24N2O4/c1-3-14(6-4-8-16)13(19)15-7-5-11(12(17)18)9-10(15)2/h10-11,16H,3-9H2,1-2H3,(H,17,18). The van der Waals surface area contributed by atoms with Crippen molar-refractivity contribution in [3.05, 3.63) is 0 Å². The van der Waals surface area contributed by atoms with E-state index in [1.807, 2.05) is 13.8 Å². The summed E-state index contributed by atoms with van der Waals surface area (Å²) in [5, 5.41) is 17.8. The van der Waals surface area contributed by atoms with Crippen molar-refractivity contribution in [2.75, 3.05) is 26.2 Å². The number of aliphatic hydroxyl groups excluding tert-OH is 1. The van der Waals surface area contributed by atoms with E-state index in [2.05, 4.69) is 0 Å². The Labute approximate surface area is 114 Å². The first-order valence-electron chi connectivity index (χ1n) is 6.90. The fourth-order valence-corrected chi connectivity index (χ4v) is 2.51. The van der Waals surface area contributed by atoms with Gasteiger partial charge in [-0.2, -0.15) is 0 Å². The lowest BCUT2D eigenvalue weighted by molar-refractivity contribution is -0.143. The van der Waals surface area contributed by atoms with Crippen LogP contribution in [-0.4, -0.2) is 64.3 Å². The van der Waals surface area contributed by atoms with Crippen LogP contribution in [0.4, 0.5) is 4.79 Å². The van der Waals surface area contributed by atoms with Crippen molar-refractivity contribution in [1.29, 1.82) is 0 Å². The molecule has 0 aromatic rings. The second-order valence-corrected chi connectivity index (χ2v) is 5.04. The number of amides is 2. The summed E-state index contributed by atoms with van der Waals surface area (Å²) in [5.41, 5.74) is 0. The van der Waals surface area contributed by atoms with Crippen LogP contribution in [0.15, 0.2) is 0 Å². The second-order valence-electron chi connectivity index (χ2n) is 5.04. The molecule has 1 fully saturated rings. The van der Waals surface area contributed by atoms with Crippen molar-refractivity contribution in [1.82, 2.24) is 9.80 Å². The number of hydrogen-bond donors (Lipinski definition) is 2. The molecule has 1 aliphatic heterocycles. The zero-order chi connectivity index (χ0) is 14.4. The molecule has 0 bridgehead atoms. The van der Waals surface area contributed by atoms with Crippen molar-refractivity contribution in [3.63, 3.8) is 0 Å². The number of carbonyl (C=O) groups is 2. The number of piperidine rings is 1. The van der Waals surface area contributed by atoms with Crippen molar-refractivity contribution >= 4 is 12.0 Å². The van der Waals surface area contributed by atoms with Gasteiger partial charge in [0.15, 0.2) is 0 Å². The highest BCUT2D eigenvalue weighted by Crippen LogP contribution is 2.24. The van der Waals surface area contributed by atoms with Crippen LogP contribution < -0.4 is 0 Å². The highest BCUT2D eigenvalue weighted by molar-refractivity contribution is 5.76. The molecule has 19 heavy (non-hydrogen) atoms. The molecule has 2 N–H and O–H groups in total. The van der Waals surface area contributed by atoms with Gasteiger partial charge in [0.2, 0.25) is 0 Å². The topological polar surface area (TPSA) is 81.1 Å². The van der Waals surface area contributed by atoms with Gasteiger partial charge in [0, 0.05) is 32.3 Å². The molecule has 6 heteroatoms. The summed E-state index contributed by atoms with van der Waals surface area (Å²) < 4.78 is 0. The minimum atomic E-state index is -0.772. The SMILES string of the molecule is CCN(CCCO)C(=O)N1CCC(C(=O)O)CC1C. The lowest BCUT2D eigenvalue weighted by atomic mass is 9.92. The molecule has 1 saturated heterocycles. The number of carboxylic acid groups (broad SMARTS) is 1. The van der Waals surface area contributed by atoms with Crippen LogP contribution in [0.1, 0.15) is 33.1 Å². The van der Waals surface area contributed by atoms with Crippen molar-refractivity contribution in [2.24, 2.45) is 5.92 Å². The van der Waals surface area contributed by atoms with Crippen LogP contribution in [0.25, 0.3) is 0 Å². The van der Waals surface area contributed by atoms with Gasteiger partial charge in [-0.15, -0.1) is 0 Å². The lowest BCUT2D eigenvalue weighted by Crippen LogP contribution is -2.51. The maximum Gasteiger partial charge on any atom is 0.320 e. The maximum atomic E-state index is 12.3. The van der Waals surface area contributed by atoms with E-state index in [4.69, 9.17) is 10.2 Å². The van der Waals surface area contributed by atoms with Gasteiger partial charge in [-0.1, -0.05) is 0 Å². The van der Waals surface area contributed by atoms with Gasteiger partial charge < -0.3 is 20.0 Å². The van der Waals surface area contributed by atoms with Gasteiger partial charge in [-0.05, 0) is 33.1 Å². The van der Waals surface area contributed by atoms with Gasteiger partial charge in [0.05, 0.1) is 5.92 Å². The molecular weight excluding hydrogens is 248 g/mol. The summed E-state index contributed by atoms with van der Waals surface area (Å²) in [6.45, 7) is 5.51. The first kappa shape index (κ1) is 15.8. The van der Waals surface area contributed by atoms with Gasteiger partial charge in [-0.3, -0.25) is 4.79 Å². The van der Waals surface area contributed by atoms with E-state index in [0.717, 1.165) is 0 Å². The zero-order valence-electron chi connectivity index (χ0n) is 11.7. The van der Waals surface area contributed by atoms with E-state index in [-0.39, 0.29) is 24.6 Å². The second kappa shape index (κ2) is 7.33. The van der Waals surface area contributed by atoms with Crippen LogP contribution in [-0.2, 0) is 4.79 Å². The monoisotopic (exact) mass is 272 g/mol. The number of nitrogens with zero attached hydrogens (tertiary/aromatic N) is 2. The van der Waals surface area contributed by atoms with Crippen LogP contribution in [0, 0.1) is 5.92 Å². The van der Waals surface area contributed by atoms with Crippen molar-refractivity contribution < 1.29 is 19.8 Å². The highest BCUT2D eigenvalue weighted by atomic mass is 16.4. The highest BCUT2D eigenvalue weighted by Gasteiger charge is 2.33. The van der Waals surface area contributed by atoms with E-state index in [9.17, 15) is 9.59 Å². The summed E-state index contributed by atoms with van der Waals surface area (Å²) >= 11 is 0. The molecular formula is C13H24N2O4. The number of urea groups is 1. The molecule has 1 rings (SSSR count). The van der Waals surface area contributed by atoms with Crippen molar-refractivity contribution in [3.8, 4) is 0 Å². The molecule has 2 unspecified atom stereocenters. The molecule has 0 spiro atoms. The quantitative estimate of drug-likeness (QED) is 0.782. The number of rotatable bonds is 5. The summed E-state index contributed by atoms with van der Waals surface area (Å²) in [6.07, 6.45) is 1.60. The summed E-state index contributed by atoms with van der Waals surface area (Å²) in [4.78, 5) is 26.8. The number of carbonyl (C=O) groups excluding carboxylic acids is 1. The molecule has 6 nitrogen and oxygen atoms in total. The Balaban J connectivity index is 2.59. The number of carboxylic acids is 1. The van der Waals surface area contributed by atoms with Gasteiger partial charge in [0.25, 0.3) is 0 Å². The van der Waals surface area contributed by atoms with Crippen LogP contribution in [0.2, 0.25) is 0 Å². The van der Waals surface area contributed by atoms with Gasteiger partial charge >= 0.3 is 12.0 Å². The van der Waals surface area contributed by atoms with Crippen LogP contribution >= 0.6 is 0 Å². The Morgan fingerprint density at radius 1 is 1.42 bits per heavy atom. The van der Waals surface area contributed by atoms with E-state index < -0.39 is 5.97 Å². The van der Waals surface area contributed by atoms with E-state index in [1.165, 1.54) is 0 Å². The summed E-state index contributed by atoms with van der Waals surface area (Å²) in [7, 11) is 0. The summed E-state index contributed by atoms with van der Waals surface area (Å²) in [6, 6.07) is -0.0992. The largest absolute Gasteiger partial charge is 0.481 e. The van der Waals surface area contributed by atoms with E-state index in [1.54, 1.807) is 9.80 Å². The van der Waals surface area contributed by atoms with Gasteiger partial charge in [-0.25, -0.2) is 4.79 Å².